The highest BCUT2D eigenvalue weighted by Gasteiger charge is 2.11. The highest BCUT2D eigenvalue weighted by molar-refractivity contribution is 9.11. The average molecular weight is 500 g/mol. The molecule has 27 heavy (non-hydrogen) atoms. The Morgan fingerprint density at radius 3 is 2.56 bits per heavy atom. The van der Waals surface area contributed by atoms with E-state index in [2.05, 4.69) is 42.4 Å². The van der Waals surface area contributed by atoms with Crippen molar-refractivity contribution < 1.29 is 24.2 Å². The first-order valence-electron chi connectivity index (χ1n) is 7.74. The molecule has 0 saturated carbocycles. The number of hydrazone groups is 1. The second-order valence-electron chi connectivity index (χ2n) is 5.32. The van der Waals surface area contributed by atoms with Crippen LogP contribution in [-0.4, -0.2) is 35.9 Å². The fraction of sp³-hybridized carbons (Fsp3) is 0.167. The predicted octanol–water partition coefficient (Wildman–Crippen LogP) is 3.59. The van der Waals surface area contributed by atoms with Crippen molar-refractivity contribution in [2.24, 2.45) is 5.10 Å². The van der Waals surface area contributed by atoms with Crippen LogP contribution in [0.1, 0.15) is 12.5 Å². The molecule has 2 aromatic carbocycles. The van der Waals surface area contributed by atoms with Crippen molar-refractivity contribution in [2.75, 3.05) is 6.61 Å². The number of aliphatic carboxylic acids is 1. The summed E-state index contributed by atoms with van der Waals surface area (Å²) in [7, 11) is 0. The molecular formula is C18H16Br2N2O5. The van der Waals surface area contributed by atoms with Crippen molar-refractivity contribution in [1.82, 2.24) is 5.43 Å². The molecule has 0 unspecified atom stereocenters. The standard InChI is InChI=1S/C18H16Br2N2O5/c1-11(18(24)25)27-14-5-2-12(3-6-14)9-21-22-17(23)10-26-16-7-4-13(19)8-15(16)20/h2-9,11H,10H2,1H3,(H,22,23)(H,24,25)/b21-9+/t11-/m1/s1. The summed E-state index contributed by atoms with van der Waals surface area (Å²) in [5, 5.41) is 12.7. The SMILES string of the molecule is C[C@@H](Oc1ccc(/C=N/NC(=O)COc2ccc(Br)cc2Br)cc1)C(=O)O. The minimum Gasteiger partial charge on any atom is -0.483 e. The highest BCUT2D eigenvalue weighted by atomic mass is 79.9. The molecule has 0 saturated heterocycles. The lowest BCUT2D eigenvalue weighted by Gasteiger charge is -2.10. The van der Waals surface area contributed by atoms with Crippen LogP contribution in [0.2, 0.25) is 0 Å². The third kappa shape index (κ3) is 7.03. The number of nitrogens with zero attached hydrogens (tertiary/aromatic N) is 1. The van der Waals surface area contributed by atoms with Crippen LogP contribution in [0.3, 0.4) is 0 Å². The van der Waals surface area contributed by atoms with Crippen molar-refractivity contribution >= 4 is 50.0 Å². The number of rotatable bonds is 8. The monoisotopic (exact) mass is 498 g/mol. The molecule has 0 fully saturated rings. The van der Waals surface area contributed by atoms with E-state index < -0.39 is 18.0 Å². The van der Waals surface area contributed by atoms with Crippen LogP contribution in [0.15, 0.2) is 56.5 Å². The summed E-state index contributed by atoms with van der Waals surface area (Å²) in [6.45, 7) is 1.26. The van der Waals surface area contributed by atoms with Crippen molar-refractivity contribution in [3.63, 3.8) is 0 Å². The Morgan fingerprint density at radius 2 is 1.93 bits per heavy atom. The maximum atomic E-state index is 11.8. The normalized spacial score (nSPS) is 11.8. The molecule has 0 aliphatic rings. The average Bonchev–Trinajstić information content (AvgIpc) is 2.62. The van der Waals surface area contributed by atoms with Gasteiger partial charge in [-0.05, 0) is 70.9 Å². The number of halogens is 2. The van der Waals surface area contributed by atoms with Crippen molar-refractivity contribution in [3.8, 4) is 11.5 Å². The lowest BCUT2D eigenvalue weighted by molar-refractivity contribution is -0.144. The molecule has 0 heterocycles. The van der Waals surface area contributed by atoms with Crippen LogP contribution < -0.4 is 14.9 Å². The van der Waals surface area contributed by atoms with Crippen molar-refractivity contribution in [3.05, 3.63) is 57.0 Å². The van der Waals surface area contributed by atoms with Crippen molar-refractivity contribution in [2.45, 2.75) is 13.0 Å². The van der Waals surface area contributed by atoms with E-state index in [9.17, 15) is 9.59 Å². The minimum atomic E-state index is -1.04. The molecule has 2 aromatic rings. The molecule has 142 valence electrons. The van der Waals surface area contributed by atoms with Gasteiger partial charge in [-0.3, -0.25) is 4.79 Å². The molecule has 0 bridgehead atoms. The van der Waals surface area contributed by atoms with Crippen molar-refractivity contribution in [1.29, 1.82) is 0 Å². The summed E-state index contributed by atoms with van der Waals surface area (Å²) in [6.07, 6.45) is 0.521. The summed E-state index contributed by atoms with van der Waals surface area (Å²) in [6, 6.07) is 12.0. The van der Waals surface area contributed by atoms with Gasteiger partial charge in [-0.1, -0.05) is 15.9 Å². The zero-order valence-electron chi connectivity index (χ0n) is 14.2. The summed E-state index contributed by atoms with van der Waals surface area (Å²) in [4.78, 5) is 22.5. The van der Waals surface area contributed by atoms with E-state index in [4.69, 9.17) is 14.6 Å². The fourth-order valence-corrected chi connectivity index (χ4v) is 3.00. The number of ether oxygens (including phenoxy) is 2. The van der Waals surface area contributed by atoms with Gasteiger partial charge in [0.1, 0.15) is 11.5 Å². The van der Waals surface area contributed by atoms with E-state index in [1.165, 1.54) is 13.1 Å². The smallest absolute Gasteiger partial charge is 0.344 e. The molecule has 0 aliphatic carbocycles. The number of carboxylic acids is 1. The van der Waals surface area contributed by atoms with E-state index in [0.29, 0.717) is 17.1 Å². The number of nitrogens with one attached hydrogen (secondary N) is 1. The van der Waals surface area contributed by atoms with Gasteiger partial charge in [-0.2, -0.15) is 5.10 Å². The minimum absolute atomic E-state index is 0.183. The largest absolute Gasteiger partial charge is 0.483 e. The van der Waals surface area contributed by atoms with Gasteiger partial charge in [-0.25, -0.2) is 10.2 Å². The van der Waals surface area contributed by atoms with Gasteiger partial charge in [-0.15, -0.1) is 0 Å². The van der Waals surface area contributed by atoms with Crippen LogP contribution in [0, 0.1) is 0 Å². The van der Waals surface area contributed by atoms with Crippen LogP contribution in [0.5, 0.6) is 11.5 Å². The Hall–Kier alpha value is -2.39. The third-order valence-electron chi connectivity index (χ3n) is 3.20. The van der Waals surface area contributed by atoms with Gasteiger partial charge >= 0.3 is 5.97 Å². The van der Waals surface area contributed by atoms with Crippen LogP contribution in [0.25, 0.3) is 0 Å². The third-order valence-corrected chi connectivity index (χ3v) is 4.31. The van der Waals surface area contributed by atoms with Crippen LogP contribution in [-0.2, 0) is 9.59 Å². The Labute approximate surface area is 172 Å². The molecule has 2 N–H and O–H groups in total. The maximum absolute atomic E-state index is 11.8. The molecular weight excluding hydrogens is 484 g/mol. The molecule has 1 atom stereocenters. The summed E-state index contributed by atoms with van der Waals surface area (Å²) >= 11 is 6.69. The lowest BCUT2D eigenvalue weighted by atomic mass is 10.2. The topological polar surface area (TPSA) is 97.2 Å². The van der Waals surface area contributed by atoms with Gasteiger partial charge in [0.25, 0.3) is 5.91 Å². The number of carbonyl (C=O) groups is 2. The first-order chi connectivity index (χ1) is 12.8. The molecule has 9 heteroatoms. The fourth-order valence-electron chi connectivity index (χ4n) is 1.83. The van der Waals surface area contributed by atoms with Gasteiger partial charge in [0, 0.05) is 4.47 Å². The molecule has 0 aliphatic heterocycles. The first kappa shape index (κ1) is 20.9. The van der Waals surface area contributed by atoms with Crippen LogP contribution >= 0.6 is 31.9 Å². The second kappa shape index (κ2) is 10.1. The predicted molar refractivity (Wildman–Crippen MR) is 107 cm³/mol. The number of amides is 1. The molecule has 0 aromatic heterocycles. The zero-order chi connectivity index (χ0) is 19.8. The maximum Gasteiger partial charge on any atom is 0.344 e. The number of carboxylic acid groups (broad SMARTS) is 1. The lowest BCUT2D eigenvalue weighted by Crippen LogP contribution is -2.24. The van der Waals surface area contributed by atoms with Gasteiger partial charge in [0.2, 0.25) is 0 Å². The number of hydrogen-bond acceptors (Lipinski definition) is 5. The molecule has 2 rings (SSSR count). The quantitative estimate of drug-likeness (QED) is 0.427. The van der Waals surface area contributed by atoms with E-state index in [-0.39, 0.29) is 6.61 Å². The highest BCUT2D eigenvalue weighted by Crippen LogP contribution is 2.28. The summed E-state index contributed by atoms with van der Waals surface area (Å²) in [5.41, 5.74) is 3.08. The second-order valence-corrected chi connectivity index (χ2v) is 7.09. The molecule has 1 amide bonds. The van der Waals surface area contributed by atoms with E-state index in [1.54, 1.807) is 36.4 Å². The molecule has 7 nitrogen and oxygen atoms in total. The Bertz CT molecular complexity index is 840. The Balaban J connectivity index is 1.80. The van der Waals surface area contributed by atoms with Gasteiger partial charge < -0.3 is 14.6 Å². The number of hydrogen-bond donors (Lipinski definition) is 2. The number of carbonyl (C=O) groups excluding carboxylic acids is 1. The van der Waals surface area contributed by atoms with E-state index in [1.807, 2.05) is 6.07 Å². The van der Waals surface area contributed by atoms with Gasteiger partial charge in [0.15, 0.2) is 12.7 Å². The molecule has 0 radical (unpaired) electrons. The Morgan fingerprint density at radius 1 is 1.22 bits per heavy atom. The zero-order valence-corrected chi connectivity index (χ0v) is 17.4. The summed E-state index contributed by atoms with van der Waals surface area (Å²) in [5.74, 6) is -0.472. The van der Waals surface area contributed by atoms with Gasteiger partial charge in [0.05, 0.1) is 10.7 Å². The molecule has 0 spiro atoms. The van der Waals surface area contributed by atoms with E-state index >= 15 is 0 Å². The van der Waals surface area contributed by atoms with E-state index in [0.717, 1.165) is 8.95 Å². The van der Waals surface area contributed by atoms with Crippen LogP contribution in [0.4, 0.5) is 0 Å². The Kier molecular flexibility index (Phi) is 7.81. The first-order valence-corrected chi connectivity index (χ1v) is 9.33. The number of benzene rings is 2. The summed E-state index contributed by atoms with van der Waals surface area (Å²) < 4.78 is 12.3.